The van der Waals surface area contributed by atoms with Crippen LogP contribution in [0.25, 0.3) is 0 Å². The summed E-state index contributed by atoms with van der Waals surface area (Å²) in [6.45, 7) is 5.00. The van der Waals surface area contributed by atoms with Gasteiger partial charge in [0.05, 0.1) is 16.8 Å². The Morgan fingerprint density at radius 1 is 1.09 bits per heavy atom. The second kappa shape index (κ2) is 10.3. The summed E-state index contributed by atoms with van der Waals surface area (Å²) in [6.07, 6.45) is 3.18. The van der Waals surface area contributed by atoms with Crippen molar-refractivity contribution in [2.75, 3.05) is 16.2 Å². The summed E-state index contributed by atoms with van der Waals surface area (Å²) in [5, 5.41) is 9.84. The number of aromatic nitrogens is 1. The molecule has 3 aromatic rings. The van der Waals surface area contributed by atoms with Gasteiger partial charge in [-0.25, -0.2) is 18.2 Å². The third kappa shape index (κ3) is 5.85. The molecule has 1 aromatic heterocycles. The van der Waals surface area contributed by atoms with Crippen LogP contribution in [-0.4, -0.2) is 31.0 Å². The van der Waals surface area contributed by atoms with E-state index in [2.05, 4.69) is 16.6 Å². The van der Waals surface area contributed by atoms with Crippen molar-refractivity contribution in [2.45, 2.75) is 38.1 Å². The van der Waals surface area contributed by atoms with Crippen molar-refractivity contribution in [1.29, 1.82) is 0 Å². The number of hydrogen-bond acceptors (Lipinski definition) is 5. The molecule has 0 amide bonds. The van der Waals surface area contributed by atoms with Crippen molar-refractivity contribution in [2.24, 2.45) is 0 Å². The molecular formula is C24H27N3O4S. The number of aryl methyl sites for hydroxylation is 1. The van der Waals surface area contributed by atoms with Crippen LogP contribution in [0, 0.1) is 6.92 Å². The zero-order valence-corrected chi connectivity index (χ0v) is 19.0. The summed E-state index contributed by atoms with van der Waals surface area (Å²) in [5.41, 5.74) is 1.88. The number of carboxylic acids is 1. The fourth-order valence-corrected chi connectivity index (χ4v) is 4.47. The first-order valence-electron chi connectivity index (χ1n) is 10.4. The summed E-state index contributed by atoms with van der Waals surface area (Å²) in [5.74, 6) is -0.855. The van der Waals surface area contributed by atoms with Crippen molar-refractivity contribution in [3.05, 3.63) is 83.6 Å². The fourth-order valence-electron chi connectivity index (χ4n) is 3.33. The smallest absolute Gasteiger partial charge is 0.339 e. The van der Waals surface area contributed by atoms with E-state index in [1.165, 1.54) is 18.3 Å². The van der Waals surface area contributed by atoms with Gasteiger partial charge in [-0.15, -0.1) is 0 Å². The molecule has 0 aliphatic heterocycles. The first-order chi connectivity index (χ1) is 15.3. The zero-order chi connectivity index (χ0) is 23.1. The number of sulfonamides is 1. The van der Waals surface area contributed by atoms with E-state index in [1.54, 1.807) is 25.1 Å². The van der Waals surface area contributed by atoms with E-state index in [0.717, 1.165) is 24.0 Å². The number of pyridine rings is 1. The van der Waals surface area contributed by atoms with Gasteiger partial charge in [0.1, 0.15) is 11.4 Å². The van der Waals surface area contributed by atoms with Gasteiger partial charge in [0.2, 0.25) is 0 Å². The van der Waals surface area contributed by atoms with Crippen LogP contribution >= 0.6 is 0 Å². The molecule has 2 N–H and O–H groups in total. The average Bonchev–Trinajstić information content (AvgIpc) is 2.77. The molecule has 0 fully saturated rings. The van der Waals surface area contributed by atoms with Gasteiger partial charge in [0.25, 0.3) is 10.0 Å². The Balaban J connectivity index is 1.94. The number of hydrogen-bond donors (Lipinski definition) is 2. The van der Waals surface area contributed by atoms with E-state index in [1.807, 2.05) is 35.2 Å². The maximum Gasteiger partial charge on any atom is 0.339 e. The molecule has 0 aliphatic rings. The predicted molar refractivity (Wildman–Crippen MR) is 126 cm³/mol. The monoisotopic (exact) mass is 453 g/mol. The number of unbranched alkanes of at least 4 members (excludes halogenated alkanes) is 1. The molecule has 3 rings (SSSR count). The minimum atomic E-state index is -3.87. The molecule has 32 heavy (non-hydrogen) atoms. The van der Waals surface area contributed by atoms with Gasteiger partial charge in [0, 0.05) is 13.1 Å². The van der Waals surface area contributed by atoms with Crippen molar-refractivity contribution < 1.29 is 18.3 Å². The topological polar surface area (TPSA) is 99.6 Å². The molecule has 0 saturated carbocycles. The Labute approximate surface area is 188 Å². The summed E-state index contributed by atoms with van der Waals surface area (Å²) in [6, 6.07) is 17.6. The fraction of sp³-hybridized carbons (Fsp3) is 0.250. The molecule has 0 unspecified atom stereocenters. The Bertz CT molecular complexity index is 1180. The molecule has 1 heterocycles. The summed E-state index contributed by atoms with van der Waals surface area (Å²) in [7, 11) is -3.87. The maximum atomic E-state index is 12.7. The minimum absolute atomic E-state index is 0.0542. The summed E-state index contributed by atoms with van der Waals surface area (Å²) < 4.78 is 27.9. The molecule has 7 nitrogen and oxygen atoms in total. The molecule has 0 saturated heterocycles. The zero-order valence-electron chi connectivity index (χ0n) is 18.2. The molecular weight excluding hydrogens is 426 g/mol. The molecule has 0 spiro atoms. The number of carbonyl (C=O) groups is 1. The number of nitrogens with one attached hydrogen (secondary N) is 1. The first-order valence-corrected chi connectivity index (χ1v) is 11.9. The number of anilines is 2. The van der Waals surface area contributed by atoms with Gasteiger partial charge in [-0.3, -0.25) is 4.72 Å². The van der Waals surface area contributed by atoms with Gasteiger partial charge < -0.3 is 10.0 Å². The average molecular weight is 454 g/mol. The normalized spacial score (nSPS) is 11.2. The molecule has 0 radical (unpaired) electrons. The standard InChI is InChI=1S/C24H27N3O4S/c1-3-4-13-27(17-19-10-6-5-7-11-19)23-22(24(28)29)15-20(16-25-23)26-32(30,31)21-12-8-9-18(2)14-21/h5-12,14-16,26H,3-4,13,17H2,1-2H3,(H,28,29). The highest BCUT2D eigenvalue weighted by atomic mass is 32.2. The molecule has 0 atom stereocenters. The van der Waals surface area contributed by atoms with E-state index >= 15 is 0 Å². The number of carboxylic acid groups (broad SMARTS) is 1. The number of nitrogens with zero attached hydrogens (tertiary/aromatic N) is 2. The van der Waals surface area contributed by atoms with Crippen LogP contribution in [0.1, 0.15) is 41.3 Å². The van der Waals surface area contributed by atoms with E-state index in [0.29, 0.717) is 18.9 Å². The quantitative estimate of drug-likeness (QED) is 0.462. The van der Waals surface area contributed by atoms with E-state index in [9.17, 15) is 18.3 Å². The SMILES string of the molecule is CCCCN(Cc1ccccc1)c1ncc(NS(=O)(=O)c2cccc(C)c2)cc1C(=O)O. The van der Waals surface area contributed by atoms with Gasteiger partial charge in [-0.1, -0.05) is 55.8 Å². The predicted octanol–water partition coefficient (Wildman–Crippen LogP) is 4.70. The highest BCUT2D eigenvalue weighted by Crippen LogP contribution is 2.25. The van der Waals surface area contributed by atoms with E-state index in [4.69, 9.17) is 0 Å². The van der Waals surface area contributed by atoms with Crippen LogP contribution in [0.3, 0.4) is 0 Å². The third-order valence-electron chi connectivity index (χ3n) is 4.95. The molecule has 8 heteroatoms. The van der Waals surface area contributed by atoms with Crippen molar-refractivity contribution >= 4 is 27.5 Å². The number of benzene rings is 2. The number of aromatic carboxylic acids is 1. The number of rotatable bonds is 10. The lowest BCUT2D eigenvalue weighted by molar-refractivity contribution is 0.0697. The highest BCUT2D eigenvalue weighted by Gasteiger charge is 2.21. The lowest BCUT2D eigenvalue weighted by Gasteiger charge is -2.25. The Morgan fingerprint density at radius 2 is 1.84 bits per heavy atom. The summed E-state index contributed by atoms with van der Waals surface area (Å²) in [4.78, 5) is 18.4. The van der Waals surface area contributed by atoms with Crippen molar-refractivity contribution in [3.63, 3.8) is 0 Å². The van der Waals surface area contributed by atoms with Gasteiger partial charge >= 0.3 is 5.97 Å². The van der Waals surface area contributed by atoms with Crippen LogP contribution in [0.2, 0.25) is 0 Å². The van der Waals surface area contributed by atoms with Crippen LogP contribution < -0.4 is 9.62 Å². The Hall–Kier alpha value is -3.39. The lowest BCUT2D eigenvalue weighted by atomic mass is 10.1. The largest absolute Gasteiger partial charge is 0.478 e. The molecule has 0 aliphatic carbocycles. The minimum Gasteiger partial charge on any atom is -0.478 e. The Morgan fingerprint density at radius 3 is 2.50 bits per heavy atom. The van der Waals surface area contributed by atoms with Crippen LogP contribution in [0.5, 0.6) is 0 Å². The van der Waals surface area contributed by atoms with Crippen molar-refractivity contribution in [1.82, 2.24) is 4.98 Å². The van der Waals surface area contributed by atoms with Crippen molar-refractivity contribution in [3.8, 4) is 0 Å². The first kappa shape index (κ1) is 23.3. The highest BCUT2D eigenvalue weighted by molar-refractivity contribution is 7.92. The van der Waals surface area contributed by atoms with Gasteiger partial charge in [-0.05, 0) is 42.7 Å². The Kier molecular flexibility index (Phi) is 7.48. The van der Waals surface area contributed by atoms with E-state index < -0.39 is 16.0 Å². The molecule has 168 valence electrons. The van der Waals surface area contributed by atoms with E-state index in [-0.39, 0.29) is 16.1 Å². The third-order valence-corrected chi connectivity index (χ3v) is 6.33. The van der Waals surface area contributed by atoms with Gasteiger partial charge in [-0.2, -0.15) is 0 Å². The van der Waals surface area contributed by atoms with Crippen LogP contribution in [-0.2, 0) is 16.6 Å². The van der Waals surface area contributed by atoms with Gasteiger partial charge in [0.15, 0.2) is 0 Å². The second-order valence-electron chi connectivity index (χ2n) is 7.58. The van der Waals surface area contributed by atoms with Crippen LogP contribution in [0.15, 0.2) is 71.8 Å². The summed E-state index contributed by atoms with van der Waals surface area (Å²) >= 11 is 0. The second-order valence-corrected chi connectivity index (χ2v) is 9.27. The van der Waals surface area contributed by atoms with Crippen LogP contribution in [0.4, 0.5) is 11.5 Å². The maximum absolute atomic E-state index is 12.7. The lowest BCUT2D eigenvalue weighted by Crippen LogP contribution is -2.27. The molecule has 0 bridgehead atoms. The molecule has 2 aromatic carbocycles.